The minimum Gasteiger partial charge on any atom is -2.00 e. The van der Waals surface area contributed by atoms with E-state index in [4.69, 9.17) is 0 Å². The van der Waals surface area contributed by atoms with Gasteiger partial charge in [-0.25, -0.2) is 67.3 Å². The maximum atomic E-state index is 10.1. The number of hydrogen-bond donors (Lipinski definition) is 0. The van der Waals surface area contributed by atoms with Crippen molar-refractivity contribution in [2.45, 2.75) is 0 Å². The van der Waals surface area contributed by atoms with Crippen LogP contribution in [0.3, 0.4) is 0 Å². The van der Waals surface area contributed by atoms with Crippen LogP contribution in [0, 0.1) is 0 Å². The Morgan fingerprint density at radius 1 is 0.197 bits per heavy atom. The second-order valence-corrected chi connectivity index (χ2v) is 31.7. The fourth-order valence-electron chi connectivity index (χ4n) is 1.56. The van der Waals surface area contributed by atoms with Gasteiger partial charge in [-0.2, -0.15) is 0 Å². The Balaban J connectivity index is -0.0000000433. The maximum absolute atomic E-state index is 10.1. The molecule has 0 aliphatic carbocycles. The van der Waals surface area contributed by atoms with Crippen LogP contribution in [0.25, 0.3) is 0 Å². The second-order valence-electron chi connectivity index (χ2n) is 8.67. The van der Waals surface area contributed by atoms with E-state index in [-0.39, 0.29) is 309 Å². The fourth-order valence-corrected chi connectivity index (χ4v) is 18.9. The summed E-state index contributed by atoms with van der Waals surface area (Å²) < 4.78 is 242. The summed E-state index contributed by atoms with van der Waals surface area (Å²) in [7, 11) is -25.2. The second kappa shape index (κ2) is 61.8. The van der Waals surface area contributed by atoms with Gasteiger partial charge in [0.1, 0.15) is 0 Å². The SMILES string of the molecule is O=S(=O)([O-])CCSSCCS(=O)(=O)[O-].O=S(=O)([O-])CCSSCCS(=O)(=O)[O-].O=S(=O)([O-])CCSSCCS(=O)(=O)[O-].O=S(=O)([O-])CCSSCCS(=O)(=O)[O-].[Na+].[Na+].[Na+].[Na+].[Na+].[Na+].[Na+].[Na+].[S-2].[S-2]. The summed E-state index contributed by atoms with van der Waals surface area (Å²) in [6.07, 6.45) is 0. The monoisotopic (exact) mass is 1370 g/mol. The van der Waals surface area contributed by atoms with Crippen LogP contribution >= 0.6 is 86.4 Å². The van der Waals surface area contributed by atoms with Crippen LogP contribution in [-0.2, 0) is 108 Å². The third-order valence-corrected chi connectivity index (χ3v) is 21.0. The van der Waals surface area contributed by atoms with Crippen LogP contribution in [0.5, 0.6) is 0 Å². The van der Waals surface area contributed by atoms with E-state index < -0.39 is 127 Å². The summed E-state index contributed by atoms with van der Waals surface area (Å²) in [4.78, 5) is 0. The summed E-state index contributed by atoms with van der Waals surface area (Å²) in [5.74, 6) is -3.19. The van der Waals surface area contributed by atoms with E-state index in [0.29, 0.717) is 0 Å². The Hall–Kier alpha value is 10.8. The van der Waals surface area contributed by atoms with Crippen molar-refractivity contribution in [2.24, 2.45) is 0 Å². The molecule has 0 aromatic heterocycles. The van der Waals surface area contributed by atoms with Gasteiger partial charge in [0.15, 0.2) is 0 Å². The summed E-state index contributed by atoms with van der Waals surface area (Å²) in [6, 6.07) is 0. The summed E-state index contributed by atoms with van der Waals surface area (Å²) in [6.45, 7) is 0. The molecule has 0 aromatic rings. The van der Waals surface area contributed by atoms with Gasteiger partial charge in [0.05, 0.1) is 80.9 Å². The van der Waals surface area contributed by atoms with Crippen LogP contribution in [-0.4, -0.2) is 196 Å². The summed E-state index contributed by atoms with van der Waals surface area (Å²) in [5, 5.41) is 0. The minimum absolute atomic E-state index is 0. The molecule has 0 saturated carbocycles. The van der Waals surface area contributed by atoms with Crippen molar-refractivity contribution in [2.75, 3.05) is 92.0 Å². The molecule has 0 amide bonds. The molecule has 0 aliphatic rings. The Morgan fingerprint density at radius 2 is 0.258 bits per heavy atom. The van der Waals surface area contributed by atoms with E-state index in [1.165, 1.54) is 0 Å². The zero-order chi connectivity index (χ0) is 45.0. The maximum Gasteiger partial charge on any atom is 1.00 e. The molecular formula is C16H32Na8O24S18-4. The molecule has 0 unspecified atom stereocenters. The molecule has 0 radical (unpaired) electrons. The van der Waals surface area contributed by atoms with Crippen molar-refractivity contribution in [3.05, 3.63) is 0 Å². The topological polar surface area (TPSA) is 458 Å². The molecule has 24 nitrogen and oxygen atoms in total. The zero-order valence-corrected chi connectivity index (χ0v) is 67.2. The number of rotatable bonds is 28. The van der Waals surface area contributed by atoms with Crippen molar-refractivity contribution in [3.8, 4) is 0 Å². The molecule has 0 spiro atoms. The van der Waals surface area contributed by atoms with E-state index in [1.807, 2.05) is 0 Å². The molecule has 0 fully saturated rings. The van der Waals surface area contributed by atoms with E-state index in [1.54, 1.807) is 0 Å². The van der Waals surface area contributed by atoms with E-state index in [2.05, 4.69) is 0 Å². The fraction of sp³-hybridized carbons (Fsp3) is 1.00. The van der Waals surface area contributed by atoms with Gasteiger partial charge in [0.25, 0.3) is 0 Å². The predicted molar refractivity (Wildman–Crippen MR) is 231 cm³/mol. The van der Waals surface area contributed by atoms with Crippen LogP contribution in [0.1, 0.15) is 0 Å². The van der Waals surface area contributed by atoms with Crippen LogP contribution in [0.4, 0.5) is 0 Å². The van der Waals surface area contributed by atoms with Gasteiger partial charge in [0.2, 0.25) is 0 Å². The van der Waals surface area contributed by atoms with Gasteiger partial charge in [-0.15, -0.1) is 0 Å². The van der Waals surface area contributed by atoms with Gasteiger partial charge in [-0.1, -0.05) is 86.4 Å². The van der Waals surface area contributed by atoms with Crippen molar-refractivity contribution < 1.29 is 340 Å². The van der Waals surface area contributed by atoms with Crippen molar-refractivity contribution in [1.29, 1.82) is 0 Å². The molecule has 360 valence electrons. The van der Waals surface area contributed by atoms with Gasteiger partial charge in [-0.3, -0.25) is 0 Å². The Labute approximate surface area is 613 Å². The third-order valence-electron chi connectivity index (χ3n) is 3.67. The van der Waals surface area contributed by atoms with E-state index in [0.717, 1.165) is 86.4 Å². The molecule has 0 rings (SSSR count). The van der Waals surface area contributed by atoms with E-state index in [9.17, 15) is 104 Å². The third kappa shape index (κ3) is 136. The van der Waals surface area contributed by atoms with Gasteiger partial charge in [-0.05, 0) is 0 Å². The normalized spacial score (nSPS) is 11.0. The molecule has 0 atom stereocenters. The van der Waals surface area contributed by atoms with E-state index >= 15 is 0 Å². The minimum atomic E-state index is -4.20. The smallest absolute Gasteiger partial charge is 1.00 e. The standard InChI is InChI=1S/4C4H10O6S4.8Na.2S/c4*5-13(6,7)3-1-11-12-2-4-14(8,9)10;;;;;;;;;;/h4*1-4H2,(H,5,6,7)(H,8,9,10);;;;;;;;;;/q;;;;8*+1;2*-2/p-8. The molecule has 0 saturated heterocycles. The van der Waals surface area contributed by atoms with Crippen LogP contribution in [0.2, 0.25) is 0 Å². The first-order chi connectivity index (χ1) is 24.8. The Bertz CT molecular complexity index is 1550. The van der Waals surface area contributed by atoms with Crippen molar-refractivity contribution in [1.82, 2.24) is 0 Å². The van der Waals surface area contributed by atoms with Crippen molar-refractivity contribution in [3.63, 3.8) is 0 Å². The Kier molecular flexibility index (Phi) is 105. The average molecular weight is 1370 g/mol. The quantitative estimate of drug-likeness (QED) is 0.0304. The number of hydrogen-bond acceptors (Lipinski definition) is 32. The molecule has 0 aromatic carbocycles. The Morgan fingerprint density at radius 3 is 0.303 bits per heavy atom. The molecule has 0 bridgehead atoms. The first-order valence-corrected chi connectivity index (χ1v) is 35.9. The molecular weight excluding hydrogens is 1340 g/mol. The zero-order valence-electron chi connectivity index (χ0n) is 36.5. The van der Waals surface area contributed by atoms with Crippen LogP contribution < -0.4 is 236 Å². The van der Waals surface area contributed by atoms with Crippen LogP contribution in [0.15, 0.2) is 0 Å². The molecule has 0 heterocycles. The predicted octanol–water partition coefficient (Wildman–Crippen LogP) is -26.1. The first-order valence-electron chi connectivity index (χ1n) is 13.3. The summed E-state index contributed by atoms with van der Waals surface area (Å²) >= 11 is 0. The molecule has 0 aliphatic heterocycles. The molecule has 50 heteroatoms. The molecule has 66 heavy (non-hydrogen) atoms. The largest absolute Gasteiger partial charge is 2.00 e. The first kappa shape index (κ1) is 112. The average Bonchev–Trinajstić information content (AvgIpc) is 2.93. The van der Waals surface area contributed by atoms with Crippen molar-refractivity contribution >= 4 is 194 Å². The van der Waals surface area contributed by atoms with Gasteiger partial charge >= 0.3 is 236 Å². The van der Waals surface area contributed by atoms with Gasteiger partial charge in [0, 0.05) is 92.0 Å². The molecule has 0 N–H and O–H groups in total. The summed E-state index contributed by atoms with van der Waals surface area (Å²) in [5.41, 5.74) is 0. The van der Waals surface area contributed by atoms with Gasteiger partial charge < -0.3 is 63.4 Å².